The van der Waals surface area contributed by atoms with Crippen LogP contribution in [0.4, 0.5) is 0 Å². The monoisotopic (exact) mass is 430 g/mol. The highest BCUT2D eigenvalue weighted by Crippen LogP contribution is 2.15. The van der Waals surface area contributed by atoms with E-state index in [4.69, 9.17) is 4.74 Å². The lowest BCUT2D eigenvalue weighted by atomic mass is 10.1. The van der Waals surface area contributed by atoms with Gasteiger partial charge in [-0.25, -0.2) is 0 Å². The number of esters is 1. The van der Waals surface area contributed by atoms with E-state index in [-0.39, 0.29) is 44.0 Å². The molecule has 1 unspecified atom stereocenters. The molecule has 0 saturated carbocycles. The molecule has 0 aromatic heterocycles. The number of rotatable bonds is 19. The summed E-state index contributed by atoms with van der Waals surface area (Å²) in [5.41, 5.74) is 0. The largest absolute Gasteiger partial charge is 0.462 e. The van der Waals surface area contributed by atoms with Gasteiger partial charge in [-0.1, -0.05) is 39.5 Å². The Kier molecular flexibility index (Phi) is 17.8. The molecule has 0 heterocycles. The summed E-state index contributed by atoms with van der Waals surface area (Å²) >= 11 is 0. The lowest BCUT2D eigenvalue weighted by molar-refractivity contribution is -0.152. The summed E-state index contributed by atoms with van der Waals surface area (Å²) < 4.78 is 5.63. The summed E-state index contributed by atoms with van der Waals surface area (Å²) in [6.07, 6.45) is 8.96. The van der Waals surface area contributed by atoms with Gasteiger partial charge in [-0.2, -0.15) is 0 Å². The van der Waals surface area contributed by atoms with Crippen LogP contribution in [0.5, 0.6) is 0 Å². The third kappa shape index (κ3) is 13.9. The summed E-state index contributed by atoms with van der Waals surface area (Å²) in [6.45, 7) is 5.03. The van der Waals surface area contributed by atoms with Crippen molar-refractivity contribution < 1.29 is 24.5 Å². The van der Waals surface area contributed by atoms with Crippen molar-refractivity contribution in [3.05, 3.63) is 0 Å². The molecule has 0 bridgehead atoms. The highest BCUT2D eigenvalue weighted by molar-refractivity contribution is 5.81. The lowest BCUT2D eigenvalue weighted by Crippen LogP contribution is -2.45. The normalized spacial score (nSPS) is 12.4. The van der Waals surface area contributed by atoms with Crippen molar-refractivity contribution in [3.8, 4) is 0 Å². The minimum atomic E-state index is -0.626. The highest BCUT2D eigenvalue weighted by atomic mass is 16.5. The number of ether oxygens (including phenoxy) is 1. The Balaban J connectivity index is 4.57. The summed E-state index contributed by atoms with van der Waals surface area (Å²) in [7, 11) is 3.99. The van der Waals surface area contributed by atoms with Crippen LogP contribution in [0.25, 0.3) is 0 Å². The molecule has 0 aliphatic heterocycles. The zero-order valence-electron chi connectivity index (χ0n) is 19.8. The van der Waals surface area contributed by atoms with E-state index in [0.29, 0.717) is 6.54 Å². The molecule has 2 N–H and O–H groups in total. The second-order valence-corrected chi connectivity index (χ2v) is 8.37. The van der Waals surface area contributed by atoms with Crippen LogP contribution in [0.3, 0.4) is 0 Å². The second kappa shape index (κ2) is 18.6. The lowest BCUT2D eigenvalue weighted by Gasteiger charge is -2.29. The molecule has 0 radical (unpaired) electrons. The van der Waals surface area contributed by atoms with E-state index in [1.165, 1.54) is 17.7 Å². The molecular formula is C23H46N2O5. The molecule has 1 atom stereocenters. The van der Waals surface area contributed by atoms with Gasteiger partial charge in [0.05, 0.1) is 25.7 Å². The van der Waals surface area contributed by atoms with Gasteiger partial charge in [0.15, 0.2) is 0 Å². The van der Waals surface area contributed by atoms with Crippen LogP contribution in [0, 0.1) is 0 Å². The van der Waals surface area contributed by atoms with Gasteiger partial charge in [-0.05, 0) is 52.7 Å². The van der Waals surface area contributed by atoms with Crippen molar-refractivity contribution in [1.82, 2.24) is 9.80 Å². The van der Waals surface area contributed by atoms with Crippen molar-refractivity contribution >= 4 is 11.9 Å². The van der Waals surface area contributed by atoms with Crippen molar-refractivity contribution in [1.29, 1.82) is 0 Å². The van der Waals surface area contributed by atoms with Gasteiger partial charge in [0.1, 0.15) is 6.10 Å². The molecule has 30 heavy (non-hydrogen) atoms. The molecule has 0 rings (SSSR count). The van der Waals surface area contributed by atoms with Gasteiger partial charge in [-0.3, -0.25) is 9.59 Å². The van der Waals surface area contributed by atoms with E-state index >= 15 is 0 Å². The van der Waals surface area contributed by atoms with Gasteiger partial charge in [0.2, 0.25) is 5.91 Å². The summed E-state index contributed by atoms with van der Waals surface area (Å²) in [5.74, 6) is -0.561. The molecule has 0 aliphatic rings. The maximum atomic E-state index is 12.7. The third-order valence-corrected chi connectivity index (χ3v) is 5.27. The standard InChI is InChI=1S/C23H46N2O5/c1-5-7-8-9-13-21(12-6-2)30-23(29)15-14-22(28)25(20(18-26)19-27)17-11-10-16-24(3)4/h20-21,26-27H,5-19H2,1-4H3. The predicted octanol–water partition coefficient (Wildman–Crippen LogP) is 2.97. The van der Waals surface area contributed by atoms with Crippen LogP contribution in [-0.4, -0.2) is 84.4 Å². The summed E-state index contributed by atoms with van der Waals surface area (Å²) in [6, 6.07) is -0.626. The van der Waals surface area contributed by atoms with E-state index in [1.54, 1.807) is 0 Å². The molecule has 0 aliphatic carbocycles. The minimum absolute atomic E-state index is 0.0335. The Labute approximate surface area is 183 Å². The number of aliphatic hydroxyl groups is 2. The van der Waals surface area contributed by atoms with Gasteiger partial charge < -0.3 is 24.7 Å². The Morgan fingerprint density at radius 1 is 0.833 bits per heavy atom. The van der Waals surface area contributed by atoms with Crippen molar-refractivity contribution in [2.45, 2.75) is 96.6 Å². The maximum Gasteiger partial charge on any atom is 0.306 e. The third-order valence-electron chi connectivity index (χ3n) is 5.27. The van der Waals surface area contributed by atoms with Crippen molar-refractivity contribution in [3.63, 3.8) is 0 Å². The molecule has 0 aromatic carbocycles. The van der Waals surface area contributed by atoms with Crippen molar-refractivity contribution in [2.24, 2.45) is 0 Å². The first-order valence-corrected chi connectivity index (χ1v) is 11.7. The van der Waals surface area contributed by atoms with E-state index in [0.717, 1.165) is 51.5 Å². The molecule has 0 spiro atoms. The summed E-state index contributed by atoms with van der Waals surface area (Å²) in [4.78, 5) is 28.6. The Morgan fingerprint density at radius 3 is 2.07 bits per heavy atom. The predicted molar refractivity (Wildman–Crippen MR) is 120 cm³/mol. The fourth-order valence-corrected chi connectivity index (χ4v) is 3.46. The Morgan fingerprint density at radius 2 is 1.50 bits per heavy atom. The van der Waals surface area contributed by atoms with Crippen LogP contribution in [0.1, 0.15) is 84.5 Å². The molecule has 0 saturated heterocycles. The van der Waals surface area contributed by atoms with Gasteiger partial charge in [0, 0.05) is 13.0 Å². The highest BCUT2D eigenvalue weighted by Gasteiger charge is 2.23. The second-order valence-electron chi connectivity index (χ2n) is 8.37. The molecule has 7 heteroatoms. The average molecular weight is 431 g/mol. The fourth-order valence-electron chi connectivity index (χ4n) is 3.46. The number of nitrogens with zero attached hydrogens (tertiary/aromatic N) is 2. The van der Waals surface area contributed by atoms with E-state index < -0.39 is 6.04 Å². The Hall–Kier alpha value is -1.18. The maximum absolute atomic E-state index is 12.7. The van der Waals surface area contributed by atoms with Crippen LogP contribution in [0.2, 0.25) is 0 Å². The number of unbranched alkanes of at least 4 members (excludes halogenated alkanes) is 4. The van der Waals surface area contributed by atoms with Crippen LogP contribution in [-0.2, 0) is 14.3 Å². The van der Waals surface area contributed by atoms with E-state index in [1.807, 2.05) is 14.1 Å². The molecule has 0 aromatic rings. The smallest absolute Gasteiger partial charge is 0.306 e. The van der Waals surface area contributed by atoms with Crippen molar-refractivity contribution in [2.75, 3.05) is 40.4 Å². The number of hydrogen-bond donors (Lipinski definition) is 2. The molecule has 0 fully saturated rings. The van der Waals surface area contributed by atoms with Crippen LogP contribution >= 0.6 is 0 Å². The Bertz CT molecular complexity index is 441. The first kappa shape index (κ1) is 28.8. The van der Waals surface area contributed by atoms with Crippen LogP contribution < -0.4 is 0 Å². The van der Waals surface area contributed by atoms with Gasteiger partial charge >= 0.3 is 5.97 Å². The topological polar surface area (TPSA) is 90.3 Å². The zero-order chi connectivity index (χ0) is 22.8. The fraction of sp³-hybridized carbons (Fsp3) is 0.913. The number of amides is 1. The van der Waals surface area contributed by atoms with Gasteiger partial charge in [-0.15, -0.1) is 0 Å². The number of aliphatic hydroxyl groups excluding tert-OH is 2. The minimum Gasteiger partial charge on any atom is -0.462 e. The van der Waals surface area contributed by atoms with Crippen LogP contribution in [0.15, 0.2) is 0 Å². The first-order valence-electron chi connectivity index (χ1n) is 11.7. The molecular weight excluding hydrogens is 384 g/mol. The van der Waals surface area contributed by atoms with E-state index in [9.17, 15) is 19.8 Å². The molecule has 1 amide bonds. The summed E-state index contributed by atoms with van der Waals surface area (Å²) in [5, 5.41) is 19.0. The SMILES string of the molecule is CCCCCCC(CCC)OC(=O)CCC(=O)N(CCCCN(C)C)C(CO)CO. The number of carbonyl (C=O) groups excluding carboxylic acids is 2. The first-order chi connectivity index (χ1) is 14.4. The van der Waals surface area contributed by atoms with E-state index in [2.05, 4.69) is 18.7 Å². The zero-order valence-corrected chi connectivity index (χ0v) is 19.8. The number of carbonyl (C=O) groups is 2. The molecule has 178 valence electrons. The number of hydrogen-bond acceptors (Lipinski definition) is 6. The molecule has 7 nitrogen and oxygen atoms in total. The average Bonchev–Trinajstić information content (AvgIpc) is 2.71. The quantitative estimate of drug-likeness (QED) is 0.242. The van der Waals surface area contributed by atoms with Gasteiger partial charge in [0.25, 0.3) is 0 Å².